The lowest BCUT2D eigenvalue weighted by Crippen LogP contribution is -2.50. The fourth-order valence-electron chi connectivity index (χ4n) is 5.08. The van der Waals surface area contributed by atoms with Gasteiger partial charge in [0.25, 0.3) is 0 Å². The first kappa shape index (κ1) is 18.4. The van der Waals surface area contributed by atoms with Crippen molar-refractivity contribution in [3.8, 4) is 11.5 Å². The third-order valence-corrected chi connectivity index (χ3v) is 6.48. The summed E-state index contributed by atoms with van der Waals surface area (Å²) in [5, 5.41) is 3.36. The van der Waals surface area contributed by atoms with Crippen LogP contribution in [0.5, 0.6) is 11.5 Å². The van der Waals surface area contributed by atoms with Crippen molar-refractivity contribution >= 4 is 6.03 Å². The number of carbonyl (C=O) groups is 1. The number of fused-ring (bicyclic) bond motifs is 1. The van der Waals surface area contributed by atoms with E-state index in [1.807, 2.05) is 23.1 Å². The Morgan fingerprint density at radius 2 is 1.93 bits per heavy atom. The summed E-state index contributed by atoms with van der Waals surface area (Å²) in [5.41, 5.74) is 1.07. The number of ether oxygens (including phenoxy) is 2. The molecule has 0 spiro atoms. The summed E-state index contributed by atoms with van der Waals surface area (Å²) in [5.74, 6) is 1.56. The lowest BCUT2D eigenvalue weighted by atomic mass is 9.99. The highest BCUT2D eigenvalue weighted by atomic mass is 16.5. The number of hydrogen-bond acceptors (Lipinski definition) is 4. The van der Waals surface area contributed by atoms with Crippen LogP contribution in [0.3, 0.4) is 0 Å². The molecule has 0 aromatic heterocycles. The monoisotopic (exact) mass is 373 g/mol. The van der Waals surface area contributed by atoms with Gasteiger partial charge in [-0.25, -0.2) is 4.79 Å². The van der Waals surface area contributed by atoms with Crippen LogP contribution < -0.4 is 14.8 Å². The van der Waals surface area contributed by atoms with Crippen molar-refractivity contribution in [2.45, 2.75) is 56.7 Å². The summed E-state index contributed by atoms with van der Waals surface area (Å²) in [6.07, 6.45) is 6.84. The predicted octanol–water partition coefficient (Wildman–Crippen LogP) is 3.18. The Bertz CT molecular complexity index is 681. The lowest BCUT2D eigenvalue weighted by Gasteiger charge is -2.34. The summed E-state index contributed by atoms with van der Waals surface area (Å²) in [4.78, 5) is 17.7. The third-order valence-electron chi connectivity index (χ3n) is 6.48. The van der Waals surface area contributed by atoms with E-state index in [0.717, 1.165) is 49.4 Å². The smallest absolute Gasteiger partial charge is 0.318 e. The van der Waals surface area contributed by atoms with Gasteiger partial charge in [-0.3, -0.25) is 4.90 Å². The standard InChI is InChI=1S/C21H31N3O3/c1-26-15-8-9-16(20(14-15)27-2)18-7-5-12-24(18)21(25)22-17-10-13-23-11-4-3-6-19(17)23/h8-9,14,17-19H,3-7,10-13H2,1-2H3,(H,22,25). The van der Waals surface area contributed by atoms with Gasteiger partial charge >= 0.3 is 6.03 Å². The number of carbonyl (C=O) groups excluding carboxylic acids is 1. The zero-order chi connectivity index (χ0) is 18.8. The second kappa shape index (κ2) is 7.97. The first-order chi connectivity index (χ1) is 13.2. The van der Waals surface area contributed by atoms with Crippen molar-refractivity contribution in [3.05, 3.63) is 23.8 Å². The van der Waals surface area contributed by atoms with E-state index < -0.39 is 0 Å². The number of rotatable bonds is 4. The van der Waals surface area contributed by atoms with Gasteiger partial charge in [-0.15, -0.1) is 0 Å². The predicted molar refractivity (Wildman–Crippen MR) is 104 cm³/mol. The van der Waals surface area contributed by atoms with Crippen molar-refractivity contribution in [2.24, 2.45) is 0 Å². The molecule has 27 heavy (non-hydrogen) atoms. The van der Waals surface area contributed by atoms with E-state index in [9.17, 15) is 4.79 Å². The van der Waals surface area contributed by atoms with Gasteiger partial charge in [0, 0.05) is 36.8 Å². The maximum Gasteiger partial charge on any atom is 0.318 e. The van der Waals surface area contributed by atoms with E-state index in [0.29, 0.717) is 6.04 Å². The molecule has 1 N–H and O–H groups in total. The molecule has 6 heteroatoms. The van der Waals surface area contributed by atoms with Crippen molar-refractivity contribution in [1.29, 1.82) is 0 Å². The molecule has 3 fully saturated rings. The number of amides is 2. The van der Waals surface area contributed by atoms with Gasteiger partial charge in [0.05, 0.1) is 20.3 Å². The number of urea groups is 1. The first-order valence-corrected chi connectivity index (χ1v) is 10.2. The van der Waals surface area contributed by atoms with E-state index in [-0.39, 0.29) is 18.1 Å². The van der Waals surface area contributed by atoms with Crippen LogP contribution in [0, 0.1) is 0 Å². The molecule has 0 aliphatic carbocycles. The van der Waals surface area contributed by atoms with Crippen LogP contribution in [0.1, 0.15) is 50.1 Å². The molecule has 3 aliphatic rings. The number of nitrogens with one attached hydrogen (secondary N) is 1. The Labute approximate surface area is 161 Å². The highest BCUT2D eigenvalue weighted by Gasteiger charge is 2.39. The average Bonchev–Trinajstić information content (AvgIpc) is 3.35. The molecule has 3 saturated heterocycles. The number of hydrogen-bond donors (Lipinski definition) is 1. The fraction of sp³-hybridized carbons (Fsp3) is 0.667. The molecule has 3 heterocycles. The zero-order valence-electron chi connectivity index (χ0n) is 16.4. The topological polar surface area (TPSA) is 54.0 Å². The molecule has 2 amide bonds. The minimum atomic E-state index is 0.0646. The molecule has 3 atom stereocenters. The van der Waals surface area contributed by atoms with Crippen LogP contribution in [0.2, 0.25) is 0 Å². The Morgan fingerprint density at radius 3 is 2.74 bits per heavy atom. The quantitative estimate of drug-likeness (QED) is 0.881. The van der Waals surface area contributed by atoms with Crippen LogP contribution in [0.15, 0.2) is 18.2 Å². The highest BCUT2D eigenvalue weighted by molar-refractivity contribution is 5.76. The van der Waals surface area contributed by atoms with E-state index in [4.69, 9.17) is 9.47 Å². The number of methoxy groups -OCH3 is 2. The SMILES string of the molecule is COc1ccc(C2CCCN2C(=O)NC2CCN3CCCCC23)c(OC)c1. The van der Waals surface area contributed by atoms with Gasteiger partial charge in [-0.1, -0.05) is 6.42 Å². The molecule has 1 aromatic rings. The number of likely N-dealkylation sites (tertiary alicyclic amines) is 1. The normalized spacial score (nSPS) is 28.1. The second-order valence-corrected chi connectivity index (χ2v) is 7.90. The van der Waals surface area contributed by atoms with E-state index >= 15 is 0 Å². The molecule has 0 radical (unpaired) electrons. The third kappa shape index (κ3) is 3.59. The van der Waals surface area contributed by atoms with Gasteiger partial charge in [0.2, 0.25) is 0 Å². The molecule has 6 nitrogen and oxygen atoms in total. The molecule has 0 bridgehead atoms. The number of piperidine rings is 1. The minimum Gasteiger partial charge on any atom is -0.497 e. The van der Waals surface area contributed by atoms with Gasteiger partial charge in [0.1, 0.15) is 11.5 Å². The van der Waals surface area contributed by atoms with Crippen LogP contribution in [-0.4, -0.2) is 61.8 Å². The maximum atomic E-state index is 13.1. The molecular formula is C21H31N3O3. The number of benzene rings is 1. The average molecular weight is 373 g/mol. The van der Waals surface area contributed by atoms with Crippen LogP contribution in [0.25, 0.3) is 0 Å². The van der Waals surface area contributed by atoms with E-state index in [2.05, 4.69) is 10.2 Å². The molecule has 3 unspecified atom stereocenters. The molecule has 4 rings (SSSR count). The Kier molecular flexibility index (Phi) is 5.43. The number of nitrogens with zero attached hydrogens (tertiary/aromatic N) is 2. The molecule has 148 valence electrons. The van der Waals surface area contributed by atoms with Gasteiger partial charge in [0.15, 0.2) is 0 Å². The first-order valence-electron chi connectivity index (χ1n) is 10.2. The van der Waals surface area contributed by atoms with Gasteiger partial charge < -0.3 is 19.7 Å². The van der Waals surface area contributed by atoms with E-state index in [1.165, 1.54) is 25.8 Å². The lowest BCUT2D eigenvalue weighted by molar-refractivity contribution is 0.164. The van der Waals surface area contributed by atoms with Crippen molar-refractivity contribution in [3.63, 3.8) is 0 Å². The van der Waals surface area contributed by atoms with Crippen LogP contribution in [0.4, 0.5) is 4.79 Å². The summed E-state index contributed by atoms with van der Waals surface area (Å²) in [6.45, 7) is 3.10. The second-order valence-electron chi connectivity index (χ2n) is 7.90. The Hall–Kier alpha value is -1.95. The van der Waals surface area contributed by atoms with Crippen LogP contribution in [-0.2, 0) is 0 Å². The van der Waals surface area contributed by atoms with Gasteiger partial charge in [-0.2, -0.15) is 0 Å². The maximum absolute atomic E-state index is 13.1. The molecule has 3 aliphatic heterocycles. The van der Waals surface area contributed by atoms with Crippen molar-refractivity contribution in [2.75, 3.05) is 33.9 Å². The fourth-order valence-corrected chi connectivity index (χ4v) is 5.08. The Balaban J connectivity index is 1.47. The molecular weight excluding hydrogens is 342 g/mol. The zero-order valence-corrected chi connectivity index (χ0v) is 16.4. The summed E-state index contributed by atoms with van der Waals surface area (Å²) < 4.78 is 10.9. The summed E-state index contributed by atoms with van der Waals surface area (Å²) >= 11 is 0. The van der Waals surface area contributed by atoms with Gasteiger partial charge in [-0.05, 0) is 50.8 Å². The van der Waals surface area contributed by atoms with Crippen molar-refractivity contribution in [1.82, 2.24) is 15.1 Å². The molecule has 0 saturated carbocycles. The highest BCUT2D eigenvalue weighted by Crippen LogP contribution is 2.39. The van der Waals surface area contributed by atoms with Crippen molar-refractivity contribution < 1.29 is 14.3 Å². The summed E-state index contributed by atoms with van der Waals surface area (Å²) in [7, 11) is 3.33. The largest absolute Gasteiger partial charge is 0.497 e. The van der Waals surface area contributed by atoms with E-state index in [1.54, 1.807) is 14.2 Å². The molecule has 1 aromatic carbocycles. The Morgan fingerprint density at radius 1 is 1.04 bits per heavy atom. The summed E-state index contributed by atoms with van der Waals surface area (Å²) in [6, 6.07) is 6.84. The van der Waals surface area contributed by atoms with Crippen LogP contribution >= 0.6 is 0 Å². The minimum absolute atomic E-state index is 0.0646.